The highest BCUT2D eigenvalue weighted by molar-refractivity contribution is 9.10. The van der Waals surface area contributed by atoms with Gasteiger partial charge in [0.15, 0.2) is 5.11 Å². The van der Waals surface area contributed by atoms with E-state index in [-0.39, 0.29) is 17.0 Å². The number of carbonyl (C=O) groups is 2. The second-order valence-electron chi connectivity index (χ2n) is 4.72. The van der Waals surface area contributed by atoms with Gasteiger partial charge in [0.1, 0.15) is 0 Å². The molecule has 0 atom stereocenters. The Bertz CT molecular complexity index is 763. The van der Waals surface area contributed by atoms with E-state index in [1.807, 2.05) is 6.07 Å². The minimum atomic E-state index is -0.380. The van der Waals surface area contributed by atoms with Crippen LogP contribution in [0, 0.1) is 0 Å². The number of rotatable bonds is 4. The molecule has 0 radical (unpaired) electrons. The largest absolute Gasteiger partial charge is 0.462 e. The molecule has 124 valence electrons. The van der Waals surface area contributed by atoms with E-state index in [4.69, 9.17) is 17.0 Å². The Kier molecular flexibility index (Phi) is 6.45. The second-order valence-corrected chi connectivity index (χ2v) is 6.04. The van der Waals surface area contributed by atoms with Gasteiger partial charge in [0.25, 0.3) is 5.91 Å². The van der Waals surface area contributed by atoms with Gasteiger partial charge in [-0.25, -0.2) is 4.79 Å². The number of anilines is 1. The van der Waals surface area contributed by atoms with Crippen LogP contribution in [-0.2, 0) is 4.74 Å². The Morgan fingerprint density at radius 2 is 1.83 bits per heavy atom. The maximum atomic E-state index is 12.1. The fourth-order valence-corrected chi connectivity index (χ4v) is 2.48. The number of nitrogens with one attached hydrogen (secondary N) is 2. The van der Waals surface area contributed by atoms with Gasteiger partial charge < -0.3 is 10.1 Å². The Morgan fingerprint density at radius 1 is 1.12 bits per heavy atom. The first-order chi connectivity index (χ1) is 11.5. The summed E-state index contributed by atoms with van der Waals surface area (Å²) in [6, 6.07) is 13.6. The topological polar surface area (TPSA) is 67.4 Å². The fourth-order valence-electron chi connectivity index (χ4n) is 1.87. The highest BCUT2D eigenvalue weighted by atomic mass is 79.9. The van der Waals surface area contributed by atoms with Crippen molar-refractivity contribution < 1.29 is 14.3 Å². The fraction of sp³-hybridized carbons (Fsp3) is 0.118. The third kappa shape index (κ3) is 5.14. The molecular weight excluding hydrogens is 392 g/mol. The van der Waals surface area contributed by atoms with Crippen LogP contribution in [0.1, 0.15) is 27.6 Å². The molecular formula is C17H15BrN2O3S. The zero-order valence-corrected chi connectivity index (χ0v) is 15.2. The average Bonchev–Trinajstić information content (AvgIpc) is 2.55. The molecule has 0 aliphatic rings. The molecule has 0 bridgehead atoms. The van der Waals surface area contributed by atoms with Crippen LogP contribution >= 0.6 is 28.1 Å². The monoisotopic (exact) mass is 406 g/mol. The van der Waals surface area contributed by atoms with E-state index in [9.17, 15) is 9.59 Å². The summed E-state index contributed by atoms with van der Waals surface area (Å²) in [6.45, 7) is 2.07. The van der Waals surface area contributed by atoms with Gasteiger partial charge in [-0.15, -0.1) is 0 Å². The molecule has 0 heterocycles. The van der Waals surface area contributed by atoms with Crippen molar-refractivity contribution in [1.29, 1.82) is 0 Å². The van der Waals surface area contributed by atoms with Gasteiger partial charge in [0.05, 0.1) is 12.2 Å². The summed E-state index contributed by atoms with van der Waals surface area (Å²) < 4.78 is 5.72. The van der Waals surface area contributed by atoms with Crippen molar-refractivity contribution in [2.75, 3.05) is 11.9 Å². The lowest BCUT2D eigenvalue weighted by Crippen LogP contribution is -2.34. The zero-order chi connectivity index (χ0) is 17.5. The van der Waals surface area contributed by atoms with E-state index < -0.39 is 0 Å². The van der Waals surface area contributed by atoms with Crippen LogP contribution < -0.4 is 10.6 Å². The summed E-state index contributed by atoms with van der Waals surface area (Å²) in [5.41, 5.74) is 1.60. The molecule has 0 fully saturated rings. The lowest BCUT2D eigenvalue weighted by atomic mass is 10.2. The first-order valence-electron chi connectivity index (χ1n) is 7.14. The third-order valence-electron chi connectivity index (χ3n) is 2.97. The molecule has 0 spiro atoms. The van der Waals surface area contributed by atoms with E-state index in [1.165, 1.54) is 0 Å². The van der Waals surface area contributed by atoms with Crippen LogP contribution in [0.5, 0.6) is 0 Å². The molecule has 7 heteroatoms. The maximum absolute atomic E-state index is 12.1. The van der Waals surface area contributed by atoms with Crippen molar-refractivity contribution in [1.82, 2.24) is 5.32 Å². The molecule has 0 saturated heterocycles. The predicted octanol–water partition coefficient (Wildman–Crippen LogP) is 3.75. The molecule has 2 aromatic carbocycles. The molecule has 24 heavy (non-hydrogen) atoms. The number of ether oxygens (including phenoxy) is 1. The molecule has 2 aromatic rings. The standard InChI is InChI=1S/C17H15BrN2O3S/c1-2-23-16(22)11-6-8-14(9-7-11)19-17(24)20-15(21)12-4-3-5-13(18)10-12/h3-10H,2H2,1H3,(H2,19,20,21,24). The summed E-state index contributed by atoms with van der Waals surface area (Å²) in [4.78, 5) is 23.7. The van der Waals surface area contributed by atoms with Crippen LogP contribution in [0.2, 0.25) is 0 Å². The minimum Gasteiger partial charge on any atom is -0.462 e. The van der Waals surface area contributed by atoms with Gasteiger partial charge in [-0.3, -0.25) is 10.1 Å². The summed E-state index contributed by atoms with van der Waals surface area (Å²) in [7, 11) is 0. The Hall–Kier alpha value is -2.25. The molecule has 0 aromatic heterocycles. The van der Waals surface area contributed by atoms with Gasteiger partial charge in [-0.1, -0.05) is 22.0 Å². The second kappa shape index (κ2) is 8.56. The number of hydrogen-bond donors (Lipinski definition) is 2. The van der Waals surface area contributed by atoms with Crippen LogP contribution in [0.4, 0.5) is 5.69 Å². The predicted molar refractivity (Wildman–Crippen MR) is 100 cm³/mol. The molecule has 0 aliphatic heterocycles. The third-order valence-corrected chi connectivity index (χ3v) is 3.67. The number of halogens is 1. The normalized spacial score (nSPS) is 9.92. The van der Waals surface area contributed by atoms with Crippen LogP contribution in [0.3, 0.4) is 0 Å². The van der Waals surface area contributed by atoms with Crippen molar-refractivity contribution in [3.63, 3.8) is 0 Å². The lowest BCUT2D eigenvalue weighted by molar-refractivity contribution is 0.0526. The molecule has 5 nitrogen and oxygen atoms in total. The van der Waals surface area contributed by atoms with Crippen molar-refractivity contribution in [2.24, 2.45) is 0 Å². The average molecular weight is 407 g/mol. The van der Waals surface area contributed by atoms with Gasteiger partial charge in [0, 0.05) is 15.7 Å². The van der Waals surface area contributed by atoms with Gasteiger partial charge in [-0.05, 0) is 61.6 Å². The minimum absolute atomic E-state index is 0.170. The molecule has 1 amide bonds. The first kappa shape index (κ1) is 18.1. The smallest absolute Gasteiger partial charge is 0.338 e. The Balaban J connectivity index is 1.94. The van der Waals surface area contributed by atoms with Gasteiger partial charge in [-0.2, -0.15) is 0 Å². The molecule has 0 unspecified atom stereocenters. The maximum Gasteiger partial charge on any atom is 0.338 e. The summed E-state index contributed by atoms with van der Waals surface area (Å²) >= 11 is 8.44. The molecule has 0 saturated carbocycles. The van der Waals surface area contributed by atoms with E-state index in [1.54, 1.807) is 49.4 Å². The molecule has 2 rings (SSSR count). The van der Waals surface area contributed by atoms with Crippen LogP contribution in [-0.4, -0.2) is 23.6 Å². The Labute approximate surface area is 153 Å². The van der Waals surface area contributed by atoms with Crippen molar-refractivity contribution in [2.45, 2.75) is 6.92 Å². The van der Waals surface area contributed by atoms with Crippen molar-refractivity contribution in [3.05, 3.63) is 64.1 Å². The number of amides is 1. The summed E-state index contributed by atoms with van der Waals surface area (Å²) in [5.74, 6) is -0.688. The van der Waals surface area contributed by atoms with E-state index in [0.29, 0.717) is 23.4 Å². The highest BCUT2D eigenvalue weighted by Crippen LogP contribution is 2.12. The summed E-state index contributed by atoms with van der Waals surface area (Å²) in [6.07, 6.45) is 0. The first-order valence-corrected chi connectivity index (χ1v) is 8.35. The number of carbonyl (C=O) groups excluding carboxylic acids is 2. The van der Waals surface area contributed by atoms with Crippen LogP contribution in [0.25, 0.3) is 0 Å². The number of thiocarbonyl (C=S) groups is 1. The number of benzene rings is 2. The van der Waals surface area contributed by atoms with Crippen LogP contribution in [0.15, 0.2) is 53.0 Å². The van der Waals surface area contributed by atoms with E-state index in [0.717, 1.165) is 4.47 Å². The van der Waals surface area contributed by atoms with Gasteiger partial charge in [0.2, 0.25) is 0 Å². The number of esters is 1. The number of hydrogen-bond acceptors (Lipinski definition) is 4. The molecule has 2 N–H and O–H groups in total. The van der Waals surface area contributed by atoms with Crippen molar-refractivity contribution >= 4 is 50.8 Å². The van der Waals surface area contributed by atoms with Gasteiger partial charge >= 0.3 is 5.97 Å². The lowest BCUT2D eigenvalue weighted by Gasteiger charge is -2.10. The van der Waals surface area contributed by atoms with E-state index in [2.05, 4.69) is 26.6 Å². The quantitative estimate of drug-likeness (QED) is 0.597. The SMILES string of the molecule is CCOC(=O)c1ccc(NC(=S)NC(=O)c2cccc(Br)c2)cc1. The van der Waals surface area contributed by atoms with Crippen molar-refractivity contribution in [3.8, 4) is 0 Å². The molecule has 0 aliphatic carbocycles. The Morgan fingerprint density at radius 3 is 2.46 bits per heavy atom. The highest BCUT2D eigenvalue weighted by Gasteiger charge is 2.09. The zero-order valence-electron chi connectivity index (χ0n) is 12.8. The van der Waals surface area contributed by atoms with E-state index >= 15 is 0 Å². The summed E-state index contributed by atoms with van der Waals surface area (Å²) in [5, 5.41) is 5.66.